The van der Waals surface area contributed by atoms with Crippen LogP contribution in [0.1, 0.15) is 200 Å². The molecule has 0 aliphatic rings. The number of hydrogen-bond acceptors (Lipinski definition) is 7. The fourth-order valence-electron chi connectivity index (χ4n) is 6.12. The summed E-state index contributed by atoms with van der Waals surface area (Å²) < 4.78 is 11.4. The Morgan fingerprint density at radius 2 is 0.898 bits per heavy atom. The van der Waals surface area contributed by atoms with Crippen LogP contribution in [0.15, 0.2) is 24.3 Å². The van der Waals surface area contributed by atoms with E-state index in [1.165, 1.54) is 103 Å². The van der Waals surface area contributed by atoms with Gasteiger partial charge in [0.15, 0.2) is 12.2 Å². The van der Waals surface area contributed by atoms with Gasteiger partial charge in [-0.3, -0.25) is 9.59 Å². The Bertz CT molecular complexity index is 787. The lowest BCUT2D eigenvalue weighted by atomic mass is 10.0. The Balaban J connectivity index is 4.15. The topological polar surface area (TPSA) is 125 Å². The van der Waals surface area contributed by atoms with Crippen molar-refractivity contribution in [3.63, 3.8) is 0 Å². The van der Waals surface area contributed by atoms with E-state index in [1.54, 1.807) is 0 Å². The van der Waals surface area contributed by atoms with Gasteiger partial charge in [0.2, 0.25) is 0 Å². The maximum atomic E-state index is 12.7. The van der Waals surface area contributed by atoms with Crippen LogP contribution in [0.4, 0.5) is 0 Å². The van der Waals surface area contributed by atoms with E-state index < -0.39 is 18.2 Å². The van der Waals surface area contributed by atoms with Gasteiger partial charge in [0, 0.05) is 32.0 Å². The highest BCUT2D eigenvalue weighted by Crippen LogP contribution is 2.16. The van der Waals surface area contributed by atoms with Gasteiger partial charge >= 0.3 is 11.9 Å². The van der Waals surface area contributed by atoms with E-state index in [4.69, 9.17) is 20.9 Å². The van der Waals surface area contributed by atoms with Gasteiger partial charge in [-0.25, -0.2) is 0 Å². The molecule has 7 heteroatoms. The smallest absolute Gasteiger partial charge is 0.306 e. The molecule has 0 aromatic rings. The first-order valence-electron chi connectivity index (χ1n) is 20.7. The molecule has 0 aliphatic carbocycles. The zero-order valence-electron chi connectivity index (χ0n) is 32.2. The molecule has 3 atom stereocenters. The number of rotatable bonds is 37. The van der Waals surface area contributed by atoms with Crippen molar-refractivity contribution >= 4 is 11.9 Å². The number of allylic oxidation sites excluding steroid dienone is 4. The SMILES string of the molecule is CCCCCCCCC=CCCCCCCCC(=O)OC(CN)C(OC(=O)CCCCCCCC=CCCCCCCCC)C(N)CCO. The summed E-state index contributed by atoms with van der Waals surface area (Å²) in [5, 5.41) is 9.44. The van der Waals surface area contributed by atoms with Crippen LogP contribution in [0.3, 0.4) is 0 Å². The molecule has 0 aliphatic heterocycles. The number of ether oxygens (including phenoxy) is 2. The summed E-state index contributed by atoms with van der Waals surface area (Å²) in [5.74, 6) is -0.703. The molecule has 3 unspecified atom stereocenters. The molecule has 0 heterocycles. The molecule has 5 N–H and O–H groups in total. The number of hydrogen-bond donors (Lipinski definition) is 3. The predicted molar refractivity (Wildman–Crippen MR) is 207 cm³/mol. The minimum Gasteiger partial charge on any atom is -0.457 e. The third-order valence-corrected chi connectivity index (χ3v) is 9.32. The summed E-state index contributed by atoms with van der Waals surface area (Å²) >= 11 is 0. The van der Waals surface area contributed by atoms with Gasteiger partial charge in [0.1, 0.15) is 0 Å². The van der Waals surface area contributed by atoms with Gasteiger partial charge in [-0.2, -0.15) is 0 Å². The number of carbonyl (C=O) groups excluding carboxylic acids is 2. The molecule has 7 nitrogen and oxygen atoms in total. The fourth-order valence-corrected chi connectivity index (χ4v) is 6.12. The predicted octanol–water partition coefficient (Wildman–Crippen LogP) is 10.6. The molecular formula is C42H80N2O5. The van der Waals surface area contributed by atoms with Crippen molar-refractivity contribution in [1.82, 2.24) is 0 Å². The molecule has 0 saturated heterocycles. The van der Waals surface area contributed by atoms with Gasteiger partial charge in [-0.15, -0.1) is 0 Å². The van der Waals surface area contributed by atoms with Crippen molar-refractivity contribution < 1.29 is 24.2 Å². The zero-order valence-corrected chi connectivity index (χ0v) is 32.2. The quantitative estimate of drug-likeness (QED) is 0.0336. The van der Waals surface area contributed by atoms with Crippen molar-refractivity contribution in [2.24, 2.45) is 11.5 Å². The summed E-state index contributed by atoms with van der Waals surface area (Å²) in [4.78, 5) is 25.3. The number of unbranched alkanes of at least 4 members (excludes halogenated alkanes) is 22. The van der Waals surface area contributed by atoms with Gasteiger partial charge in [0.25, 0.3) is 0 Å². The van der Waals surface area contributed by atoms with E-state index in [1.807, 2.05) is 0 Å². The summed E-state index contributed by atoms with van der Waals surface area (Å²) in [6.07, 6.45) is 39.5. The average Bonchev–Trinajstić information content (AvgIpc) is 3.09. The summed E-state index contributed by atoms with van der Waals surface area (Å²) in [6, 6.07) is -0.663. The van der Waals surface area contributed by atoms with Crippen LogP contribution in [0, 0.1) is 0 Å². The molecule has 0 rings (SSSR count). The number of aliphatic hydroxyl groups excluding tert-OH is 1. The Hall–Kier alpha value is -1.70. The molecule has 0 amide bonds. The lowest BCUT2D eigenvalue weighted by Gasteiger charge is -2.30. The molecule has 0 aromatic heterocycles. The summed E-state index contributed by atoms with van der Waals surface area (Å²) in [5.41, 5.74) is 12.2. The molecule has 49 heavy (non-hydrogen) atoms. The van der Waals surface area contributed by atoms with Crippen LogP contribution >= 0.6 is 0 Å². The summed E-state index contributed by atoms with van der Waals surface area (Å²) in [7, 11) is 0. The van der Waals surface area contributed by atoms with Crippen LogP contribution in [-0.4, -0.2) is 48.4 Å². The second kappa shape index (κ2) is 37.6. The molecule has 0 radical (unpaired) electrons. The lowest BCUT2D eigenvalue weighted by molar-refractivity contribution is -0.169. The lowest BCUT2D eigenvalue weighted by Crippen LogP contribution is -2.51. The van der Waals surface area contributed by atoms with Crippen molar-refractivity contribution in [2.45, 2.75) is 218 Å². The fraction of sp³-hybridized carbons (Fsp3) is 0.857. The molecule has 0 fully saturated rings. The zero-order chi connectivity index (χ0) is 36.0. The van der Waals surface area contributed by atoms with Gasteiger partial charge in [-0.05, 0) is 70.6 Å². The van der Waals surface area contributed by atoms with Crippen LogP contribution in [0.25, 0.3) is 0 Å². The van der Waals surface area contributed by atoms with Crippen molar-refractivity contribution in [3.8, 4) is 0 Å². The monoisotopic (exact) mass is 693 g/mol. The minimum atomic E-state index is -0.870. The van der Waals surface area contributed by atoms with Gasteiger partial charge in [-0.1, -0.05) is 141 Å². The normalized spacial score (nSPS) is 13.7. The van der Waals surface area contributed by atoms with Gasteiger partial charge in [0.05, 0.1) is 0 Å². The first kappa shape index (κ1) is 47.3. The first-order chi connectivity index (χ1) is 24.0. The van der Waals surface area contributed by atoms with Crippen molar-refractivity contribution in [2.75, 3.05) is 13.2 Å². The third kappa shape index (κ3) is 32.0. The second-order valence-corrected chi connectivity index (χ2v) is 14.1. The second-order valence-electron chi connectivity index (χ2n) is 14.1. The average molecular weight is 693 g/mol. The van der Waals surface area contributed by atoms with Crippen LogP contribution in [-0.2, 0) is 19.1 Å². The highest BCUT2D eigenvalue weighted by molar-refractivity contribution is 5.70. The Kier molecular flexibility index (Phi) is 36.2. The number of esters is 2. The molecule has 0 saturated carbocycles. The standard InChI is InChI=1S/C42H80N2O5/c1-3-5-7-9-11-13-15-17-19-21-23-25-27-29-31-33-40(46)48-39(37-43)42(38(44)35-36-45)49-41(47)34-32-30-28-26-24-22-20-18-16-14-12-10-8-6-4-2/h17-20,38-39,42,45H,3-16,21-37,43-44H2,1-2H3. The maximum Gasteiger partial charge on any atom is 0.306 e. The van der Waals surface area contributed by atoms with E-state index in [9.17, 15) is 14.7 Å². The summed E-state index contributed by atoms with van der Waals surface area (Å²) in [6.45, 7) is 4.36. The Morgan fingerprint density at radius 1 is 0.551 bits per heavy atom. The van der Waals surface area contributed by atoms with Crippen LogP contribution in [0.5, 0.6) is 0 Å². The number of nitrogens with two attached hydrogens (primary N) is 2. The van der Waals surface area contributed by atoms with Gasteiger partial charge < -0.3 is 26.0 Å². The number of aliphatic hydroxyl groups is 1. The molecule has 288 valence electrons. The highest BCUT2D eigenvalue weighted by atomic mass is 16.6. The third-order valence-electron chi connectivity index (χ3n) is 9.32. The largest absolute Gasteiger partial charge is 0.457 e. The maximum absolute atomic E-state index is 12.7. The van der Waals surface area contributed by atoms with Crippen LogP contribution in [0.2, 0.25) is 0 Å². The molecule has 0 spiro atoms. The number of carbonyl (C=O) groups is 2. The molecular weight excluding hydrogens is 612 g/mol. The molecule has 0 bridgehead atoms. The van der Waals surface area contributed by atoms with E-state index in [0.717, 1.165) is 64.2 Å². The van der Waals surface area contributed by atoms with E-state index in [2.05, 4.69) is 38.2 Å². The highest BCUT2D eigenvalue weighted by Gasteiger charge is 2.32. The van der Waals surface area contributed by atoms with Crippen LogP contribution < -0.4 is 11.5 Å². The van der Waals surface area contributed by atoms with E-state index >= 15 is 0 Å². The Morgan fingerprint density at radius 3 is 1.27 bits per heavy atom. The van der Waals surface area contributed by atoms with Crippen molar-refractivity contribution in [1.29, 1.82) is 0 Å². The van der Waals surface area contributed by atoms with E-state index in [0.29, 0.717) is 12.8 Å². The molecule has 0 aromatic carbocycles. The van der Waals surface area contributed by atoms with E-state index in [-0.39, 0.29) is 31.5 Å². The first-order valence-corrected chi connectivity index (χ1v) is 20.7. The van der Waals surface area contributed by atoms with Crippen molar-refractivity contribution in [3.05, 3.63) is 24.3 Å². The Labute approximate surface area is 302 Å². The minimum absolute atomic E-state index is 0.00257.